The average Bonchev–Trinajstić information content (AvgIpc) is 2.73. The molecule has 1 aliphatic rings. The van der Waals surface area contributed by atoms with E-state index < -0.39 is 32.6 Å². The lowest BCUT2D eigenvalue weighted by Crippen LogP contribution is -2.42. The first-order valence-corrected chi connectivity index (χ1v) is 11.1. The van der Waals surface area contributed by atoms with E-state index in [9.17, 15) is 26.4 Å². The van der Waals surface area contributed by atoms with Crippen molar-refractivity contribution in [1.29, 1.82) is 0 Å². The molecule has 1 heterocycles. The first-order chi connectivity index (χ1) is 14.1. The topological polar surface area (TPSA) is 66.5 Å². The zero-order valence-corrected chi connectivity index (χ0v) is 17.3. The van der Waals surface area contributed by atoms with Gasteiger partial charge in [0.15, 0.2) is 0 Å². The number of carbonyl (C=O) groups is 1. The number of nitrogens with one attached hydrogen (secondary N) is 1. The van der Waals surface area contributed by atoms with Crippen molar-refractivity contribution in [3.05, 3.63) is 59.7 Å². The van der Waals surface area contributed by atoms with Gasteiger partial charge in [0.2, 0.25) is 15.9 Å². The molecular weight excluding hydrogens is 417 g/mol. The molecule has 162 valence electrons. The van der Waals surface area contributed by atoms with E-state index in [1.165, 1.54) is 6.07 Å². The van der Waals surface area contributed by atoms with Crippen molar-refractivity contribution < 1.29 is 26.4 Å². The largest absolute Gasteiger partial charge is 0.417 e. The van der Waals surface area contributed by atoms with Crippen LogP contribution in [-0.4, -0.2) is 31.7 Å². The second kappa shape index (κ2) is 8.77. The molecule has 9 heteroatoms. The third kappa shape index (κ3) is 4.67. The molecule has 2 aromatic carbocycles. The maximum absolute atomic E-state index is 13.2. The molecule has 30 heavy (non-hydrogen) atoms. The Morgan fingerprint density at radius 3 is 2.30 bits per heavy atom. The van der Waals surface area contributed by atoms with Gasteiger partial charge in [0.1, 0.15) is 0 Å². The van der Waals surface area contributed by atoms with Crippen LogP contribution in [0.3, 0.4) is 0 Å². The molecule has 2 aromatic rings. The van der Waals surface area contributed by atoms with Gasteiger partial charge in [-0.3, -0.25) is 4.79 Å². The Labute approximate surface area is 173 Å². The monoisotopic (exact) mass is 440 g/mol. The molecule has 0 atom stereocenters. The van der Waals surface area contributed by atoms with Crippen molar-refractivity contribution in [2.24, 2.45) is 5.92 Å². The summed E-state index contributed by atoms with van der Waals surface area (Å²) in [6.45, 7) is 1.96. The summed E-state index contributed by atoms with van der Waals surface area (Å²) < 4.78 is 66.4. The zero-order chi connectivity index (χ0) is 21.9. The lowest BCUT2D eigenvalue weighted by atomic mass is 9.97. The van der Waals surface area contributed by atoms with Crippen LogP contribution in [0.2, 0.25) is 0 Å². The van der Waals surface area contributed by atoms with Crippen LogP contribution in [0.15, 0.2) is 53.4 Å². The van der Waals surface area contributed by atoms with Gasteiger partial charge >= 0.3 is 6.18 Å². The van der Waals surface area contributed by atoms with Crippen molar-refractivity contribution in [2.75, 3.05) is 18.4 Å². The number of aryl methyl sites for hydroxylation is 1. The zero-order valence-electron chi connectivity index (χ0n) is 16.4. The smallest absolute Gasteiger partial charge is 0.326 e. The van der Waals surface area contributed by atoms with E-state index in [4.69, 9.17) is 0 Å². The number of amides is 1. The number of benzene rings is 2. The fraction of sp³-hybridized carbons (Fsp3) is 0.381. The van der Waals surface area contributed by atoms with E-state index in [0.29, 0.717) is 0 Å². The number of anilines is 1. The Hall–Kier alpha value is -2.39. The summed E-state index contributed by atoms with van der Waals surface area (Å²) in [6, 6.07) is 11.6. The summed E-state index contributed by atoms with van der Waals surface area (Å²) in [4.78, 5) is 11.9. The first kappa shape index (κ1) is 22.3. The van der Waals surface area contributed by atoms with E-state index in [-0.39, 0.29) is 31.8 Å². The average molecular weight is 440 g/mol. The number of nitrogens with zero attached hydrogens (tertiary/aromatic N) is 1. The van der Waals surface area contributed by atoms with Gasteiger partial charge in [-0.05, 0) is 43.0 Å². The van der Waals surface area contributed by atoms with E-state index in [1.54, 1.807) is 0 Å². The molecule has 0 spiro atoms. The summed E-state index contributed by atoms with van der Waals surface area (Å²) in [5.74, 6) is -0.608. The van der Waals surface area contributed by atoms with Crippen molar-refractivity contribution in [3.8, 4) is 0 Å². The molecule has 1 N–H and O–H groups in total. The molecular formula is C21H23F3N2O3S. The fourth-order valence-electron chi connectivity index (χ4n) is 3.61. The lowest BCUT2D eigenvalue weighted by Gasteiger charge is -2.31. The Kier molecular flexibility index (Phi) is 6.52. The summed E-state index contributed by atoms with van der Waals surface area (Å²) in [7, 11) is -4.31. The van der Waals surface area contributed by atoms with E-state index >= 15 is 0 Å². The number of rotatable bonds is 5. The van der Waals surface area contributed by atoms with Crippen molar-refractivity contribution in [1.82, 2.24) is 4.31 Å². The highest BCUT2D eigenvalue weighted by molar-refractivity contribution is 7.89. The van der Waals surface area contributed by atoms with Crippen LogP contribution in [0.1, 0.15) is 30.9 Å². The molecule has 1 saturated heterocycles. The summed E-state index contributed by atoms with van der Waals surface area (Å²) in [5, 5.41) is 2.89. The highest BCUT2D eigenvalue weighted by Crippen LogP contribution is 2.36. The molecule has 3 rings (SSSR count). The highest BCUT2D eigenvalue weighted by atomic mass is 32.2. The van der Waals surface area contributed by atoms with Gasteiger partial charge in [-0.2, -0.15) is 17.5 Å². The molecule has 0 aliphatic carbocycles. The molecule has 1 fully saturated rings. The van der Waals surface area contributed by atoms with Crippen LogP contribution in [0.4, 0.5) is 18.9 Å². The minimum absolute atomic E-state index is 0.0119. The van der Waals surface area contributed by atoms with E-state index in [1.807, 2.05) is 31.2 Å². The first-order valence-electron chi connectivity index (χ1n) is 9.69. The number of carbonyl (C=O) groups excluding carboxylic acids is 1. The van der Waals surface area contributed by atoms with Crippen molar-refractivity contribution >= 4 is 21.6 Å². The Morgan fingerprint density at radius 2 is 1.67 bits per heavy atom. The van der Waals surface area contributed by atoms with E-state index in [0.717, 1.165) is 40.2 Å². The van der Waals surface area contributed by atoms with Gasteiger partial charge in [0, 0.05) is 24.7 Å². The van der Waals surface area contributed by atoms with Gasteiger partial charge in [-0.25, -0.2) is 8.42 Å². The molecule has 0 aromatic heterocycles. The van der Waals surface area contributed by atoms with Crippen LogP contribution >= 0.6 is 0 Å². The fourth-order valence-corrected chi connectivity index (χ4v) is 5.29. The number of hydrogen-bond acceptors (Lipinski definition) is 3. The van der Waals surface area contributed by atoms with Gasteiger partial charge in [0.25, 0.3) is 0 Å². The molecule has 0 bridgehead atoms. The highest BCUT2D eigenvalue weighted by Gasteiger charge is 2.40. The van der Waals surface area contributed by atoms with Gasteiger partial charge in [-0.1, -0.05) is 37.3 Å². The number of alkyl halides is 3. The standard InChI is InChI=1S/C21H23F3N2O3S/c1-2-15-7-3-5-9-18(15)25-20(27)16-11-13-26(14-12-16)30(28,29)19-10-6-4-8-17(19)21(22,23)24/h3-10,16H,2,11-14H2,1H3,(H,25,27). The SMILES string of the molecule is CCc1ccccc1NC(=O)C1CCN(S(=O)(=O)c2ccccc2C(F)(F)F)CC1. The lowest BCUT2D eigenvalue weighted by molar-refractivity contribution is -0.139. The Morgan fingerprint density at radius 1 is 1.07 bits per heavy atom. The number of piperidine rings is 1. The van der Waals surface area contributed by atoms with Crippen LogP contribution in [0.5, 0.6) is 0 Å². The summed E-state index contributed by atoms with van der Waals surface area (Å²) in [6.07, 6.45) is -3.53. The number of sulfonamides is 1. The normalized spacial score (nSPS) is 16.4. The second-order valence-corrected chi connectivity index (χ2v) is 9.08. The quantitative estimate of drug-likeness (QED) is 0.754. The Bertz CT molecular complexity index is 1010. The summed E-state index contributed by atoms with van der Waals surface area (Å²) in [5.41, 5.74) is 0.537. The minimum atomic E-state index is -4.77. The van der Waals surface area contributed by atoms with Gasteiger partial charge in [-0.15, -0.1) is 0 Å². The predicted octanol–water partition coefficient (Wildman–Crippen LogP) is 4.31. The molecule has 0 unspecified atom stereocenters. The van der Waals surface area contributed by atoms with Gasteiger partial charge < -0.3 is 5.32 Å². The third-order valence-corrected chi connectivity index (χ3v) is 7.25. The molecule has 1 amide bonds. The molecule has 5 nitrogen and oxygen atoms in total. The minimum Gasteiger partial charge on any atom is -0.326 e. The molecule has 1 aliphatic heterocycles. The molecule has 0 saturated carbocycles. The van der Waals surface area contributed by atoms with Crippen LogP contribution < -0.4 is 5.32 Å². The van der Waals surface area contributed by atoms with E-state index in [2.05, 4.69) is 5.32 Å². The third-order valence-electron chi connectivity index (χ3n) is 5.29. The van der Waals surface area contributed by atoms with Crippen LogP contribution in [-0.2, 0) is 27.4 Å². The van der Waals surface area contributed by atoms with Crippen molar-refractivity contribution in [3.63, 3.8) is 0 Å². The van der Waals surface area contributed by atoms with Gasteiger partial charge in [0.05, 0.1) is 10.5 Å². The predicted molar refractivity (Wildman–Crippen MR) is 107 cm³/mol. The van der Waals surface area contributed by atoms with Crippen LogP contribution in [0.25, 0.3) is 0 Å². The molecule has 0 radical (unpaired) electrons. The Balaban J connectivity index is 1.70. The van der Waals surface area contributed by atoms with Crippen LogP contribution in [0, 0.1) is 5.92 Å². The van der Waals surface area contributed by atoms with Crippen molar-refractivity contribution in [2.45, 2.75) is 37.3 Å². The second-order valence-electron chi connectivity index (χ2n) is 7.17. The number of halogens is 3. The number of hydrogen-bond donors (Lipinski definition) is 1. The summed E-state index contributed by atoms with van der Waals surface area (Å²) >= 11 is 0. The maximum Gasteiger partial charge on any atom is 0.417 e. The number of para-hydroxylation sites is 1. The maximum atomic E-state index is 13.2.